The molecule has 1 atom stereocenters. The number of aromatic nitrogens is 2. The SMILES string of the molecule is Cl.Cn1ccnc1C1CNCCN1C(=O)c1ccc(C2SCCS2)cc1. The van der Waals surface area contributed by atoms with Crippen molar-refractivity contribution >= 4 is 41.8 Å². The molecule has 0 radical (unpaired) electrons. The van der Waals surface area contributed by atoms with Crippen LogP contribution < -0.4 is 5.32 Å². The Morgan fingerprint density at radius 1 is 1.23 bits per heavy atom. The lowest BCUT2D eigenvalue weighted by Gasteiger charge is -2.35. The third-order valence-electron chi connectivity index (χ3n) is 4.71. The van der Waals surface area contributed by atoms with E-state index >= 15 is 0 Å². The highest BCUT2D eigenvalue weighted by atomic mass is 35.5. The molecule has 1 N–H and O–H groups in total. The van der Waals surface area contributed by atoms with Crippen LogP contribution in [0.2, 0.25) is 0 Å². The van der Waals surface area contributed by atoms with Gasteiger partial charge >= 0.3 is 0 Å². The van der Waals surface area contributed by atoms with Gasteiger partial charge in [0.1, 0.15) is 11.9 Å². The number of nitrogens with one attached hydrogen (secondary N) is 1. The first-order valence-electron chi connectivity index (χ1n) is 8.56. The molecule has 2 aliphatic heterocycles. The zero-order valence-corrected chi connectivity index (χ0v) is 17.1. The number of hydrogen-bond acceptors (Lipinski definition) is 5. The summed E-state index contributed by atoms with van der Waals surface area (Å²) in [5.41, 5.74) is 2.07. The van der Waals surface area contributed by atoms with E-state index in [2.05, 4.69) is 22.4 Å². The molecule has 0 bridgehead atoms. The number of rotatable bonds is 3. The highest BCUT2D eigenvalue weighted by molar-refractivity contribution is 8.19. The van der Waals surface area contributed by atoms with Gasteiger partial charge in [-0.25, -0.2) is 4.98 Å². The molecule has 5 nitrogen and oxygen atoms in total. The smallest absolute Gasteiger partial charge is 0.254 e. The van der Waals surface area contributed by atoms with Gasteiger partial charge in [-0.15, -0.1) is 35.9 Å². The first-order valence-corrected chi connectivity index (χ1v) is 10.7. The zero-order valence-electron chi connectivity index (χ0n) is 14.6. The van der Waals surface area contributed by atoms with E-state index in [1.807, 2.05) is 58.4 Å². The van der Waals surface area contributed by atoms with Crippen molar-refractivity contribution in [1.29, 1.82) is 0 Å². The summed E-state index contributed by atoms with van der Waals surface area (Å²) in [5.74, 6) is 3.44. The molecule has 1 amide bonds. The molecular weight excluding hydrogens is 388 g/mol. The van der Waals surface area contributed by atoms with E-state index in [-0.39, 0.29) is 24.4 Å². The molecule has 1 aromatic carbocycles. The molecule has 140 valence electrons. The van der Waals surface area contributed by atoms with Gasteiger partial charge < -0.3 is 14.8 Å². The standard InChI is InChI=1S/C18H22N4OS2.ClH/c1-21-8-7-20-16(21)15-12-19-6-9-22(15)17(23)13-2-4-14(5-3-13)18-24-10-11-25-18;/h2-5,7-8,15,18-19H,6,9-12H2,1H3;1H. The maximum atomic E-state index is 13.1. The van der Waals surface area contributed by atoms with Crippen LogP contribution in [0.4, 0.5) is 0 Å². The number of halogens is 1. The minimum Gasteiger partial charge on any atom is -0.336 e. The highest BCUT2D eigenvalue weighted by Crippen LogP contribution is 2.45. The van der Waals surface area contributed by atoms with Crippen LogP contribution in [-0.4, -0.2) is 51.5 Å². The van der Waals surface area contributed by atoms with Crippen molar-refractivity contribution in [2.24, 2.45) is 7.05 Å². The van der Waals surface area contributed by atoms with Crippen molar-refractivity contribution in [3.8, 4) is 0 Å². The average Bonchev–Trinajstić information content (AvgIpc) is 3.33. The molecule has 8 heteroatoms. The van der Waals surface area contributed by atoms with Crippen molar-refractivity contribution in [1.82, 2.24) is 19.8 Å². The van der Waals surface area contributed by atoms with Crippen LogP contribution in [-0.2, 0) is 7.05 Å². The molecular formula is C18H23ClN4OS2. The van der Waals surface area contributed by atoms with E-state index < -0.39 is 0 Å². The molecule has 2 saturated heterocycles. The number of benzene rings is 1. The average molecular weight is 411 g/mol. The minimum atomic E-state index is -0.0260. The van der Waals surface area contributed by atoms with Crippen LogP contribution in [0.25, 0.3) is 0 Å². The van der Waals surface area contributed by atoms with Gasteiger partial charge in [-0.2, -0.15) is 0 Å². The summed E-state index contributed by atoms with van der Waals surface area (Å²) in [4.78, 5) is 19.5. The number of aryl methyl sites for hydroxylation is 1. The zero-order chi connectivity index (χ0) is 17.2. The first kappa shape index (κ1) is 19.6. The van der Waals surface area contributed by atoms with Crippen molar-refractivity contribution in [2.45, 2.75) is 10.6 Å². The molecule has 4 rings (SSSR count). The van der Waals surface area contributed by atoms with E-state index in [1.165, 1.54) is 17.1 Å². The Morgan fingerprint density at radius 2 is 1.96 bits per heavy atom. The van der Waals surface area contributed by atoms with E-state index in [4.69, 9.17) is 0 Å². The van der Waals surface area contributed by atoms with E-state index in [9.17, 15) is 4.79 Å². The third-order valence-corrected chi connectivity index (χ3v) is 7.82. The van der Waals surface area contributed by atoms with Crippen molar-refractivity contribution < 1.29 is 4.79 Å². The molecule has 2 aromatic rings. The minimum absolute atomic E-state index is 0. The Morgan fingerprint density at radius 3 is 2.62 bits per heavy atom. The normalized spacial score (nSPS) is 20.8. The largest absolute Gasteiger partial charge is 0.336 e. The Kier molecular flexibility index (Phi) is 6.55. The van der Waals surface area contributed by atoms with Crippen LogP contribution in [0, 0.1) is 0 Å². The third kappa shape index (κ3) is 3.91. The lowest BCUT2D eigenvalue weighted by molar-refractivity contribution is 0.0621. The summed E-state index contributed by atoms with van der Waals surface area (Å²) < 4.78 is 2.51. The number of piperazine rings is 1. The second kappa shape index (κ2) is 8.69. The summed E-state index contributed by atoms with van der Waals surface area (Å²) in [5, 5.41) is 3.38. The Labute approximate surface area is 168 Å². The van der Waals surface area contributed by atoms with Crippen LogP contribution in [0.1, 0.15) is 32.4 Å². The quantitative estimate of drug-likeness (QED) is 0.842. The van der Waals surface area contributed by atoms with Crippen LogP contribution >= 0.6 is 35.9 Å². The second-order valence-corrected chi connectivity index (χ2v) is 9.03. The number of carbonyl (C=O) groups excluding carboxylic acids is 1. The van der Waals surface area contributed by atoms with E-state index in [0.717, 1.165) is 24.5 Å². The van der Waals surface area contributed by atoms with Gasteiger partial charge in [0.15, 0.2) is 0 Å². The van der Waals surface area contributed by atoms with Crippen LogP contribution in [0.3, 0.4) is 0 Å². The predicted molar refractivity (Wildman–Crippen MR) is 111 cm³/mol. The summed E-state index contributed by atoms with van der Waals surface area (Å²) >= 11 is 3.97. The van der Waals surface area contributed by atoms with Gasteiger partial charge in [0.25, 0.3) is 5.91 Å². The monoisotopic (exact) mass is 410 g/mol. The van der Waals surface area contributed by atoms with Gasteiger partial charge in [-0.3, -0.25) is 4.79 Å². The highest BCUT2D eigenvalue weighted by Gasteiger charge is 2.31. The van der Waals surface area contributed by atoms with Gasteiger partial charge in [0.05, 0.1) is 4.58 Å². The number of carbonyl (C=O) groups is 1. The molecule has 26 heavy (non-hydrogen) atoms. The van der Waals surface area contributed by atoms with Crippen LogP contribution in [0.5, 0.6) is 0 Å². The molecule has 1 aromatic heterocycles. The van der Waals surface area contributed by atoms with E-state index in [0.29, 0.717) is 11.1 Å². The summed E-state index contributed by atoms with van der Waals surface area (Å²) in [6.07, 6.45) is 3.72. The van der Waals surface area contributed by atoms with Gasteiger partial charge in [0, 0.05) is 56.1 Å². The molecule has 3 heterocycles. The van der Waals surface area contributed by atoms with Crippen LogP contribution in [0.15, 0.2) is 36.7 Å². The predicted octanol–water partition coefficient (Wildman–Crippen LogP) is 3.11. The lowest BCUT2D eigenvalue weighted by Crippen LogP contribution is -2.49. The van der Waals surface area contributed by atoms with Gasteiger partial charge in [0.2, 0.25) is 0 Å². The fourth-order valence-corrected chi connectivity index (χ4v) is 6.24. The fourth-order valence-electron chi connectivity index (χ4n) is 3.38. The number of thioether (sulfide) groups is 2. The van der Waals surface area contributed by atoms with Crippen molar-refractivity contribution in [3.63, 3.8) is 0 Å². The number of hydrogen-bond donors (Lipinski definition) is 1. The van der Waals surface area contributed by atoms with E-state index in [1.54, 1.807) is 6.20 Å². The molecule has 0 spiro atoms. The first-order chi connectivity index (χ1) is 12.2. The lowest BCUT2D eigenvalue weighted by atomic mass is 10.1. The molecule has 2 fully saturated rings. The second-order valence-electron chi connectivity index (χ2n) is 6.31. The molecule has 1 unspecified atom stereocenters. The Bertz CT molecular complexity index is 746. The molecule has 0 saturated carbocycles. The maximum absolute atomic E-state index is 13.1. The maximum Gasteiger partial charge on any atom is 0.254 e. The van der Waals surface area contributed by atoms with Gasteiger partial charge in [-0.05, 0) is 17.7 Å². The Balaban J connectivity index is 0.00000196. The van der Waals surface area contributed by atoms with Crippen molar-refractivity contribution in [3.05, 3.63) is 53.6 Å². The number of imidazole rings is 1. The summed E-state index contributed by atoms with van der Waals surface area (Å²) in [7, 11) is 1.98. The summed E-state index contributed by atoms with van der Waals surface area (Å²) in [6, 6.07) is 8.16. The number of nitrogens with zero attached hydrogens (tertiary/aromatic N) is 3. The summed E-state index contributed by atoms with van der Waals surface area (Å²) in [6.45, 7) is 2.26. The Hall–Kier alpha value is -1.15. The molecule has 0 aliphatic carbocycles. The number of amides is 1. The molecule has 2 aliphatic rings. The van der Waals surface area contributed by atoms with Crippen molar-refractivity contribution in [2.75, 3.05) is 31.1 Å². The fraction of sp³-hybridized carbons (Fsp3) is 0.444. The topological polar surface area (TPSA) is 50.2 Å². The van der Waals surface area contributed by atoms with Gasteiger partial charge in [-0.1, -0.05) is 12.1 Å².